The lowest BCUT2D eigenvalue weighted by atomic mass is 10.00. The maximum absolute atomic E-state index is 10.7. The molecule has 0 aliphatic rings. The summed E-state index contributed by atoms with van der Waals surface area (Å²) in [5.41, 5.74) is 0.133. The molecule has 0 saturated carbocycles. The molecular weight excluding hydrogens is 172 g/mol. The maximum atomic E-state index is 10.7. The van der Waals surface area contributed by atoms with Gasteiger partial charge in [-0.15, -0.1) is 0 Å². The van der Waals surface area contributed by atoms with E-state index in [4.69, 9.17) is 9.84 Å². The SMILES string of the molecule is CCOC=C(C(=O)O)C(C)CC=O. The molecule has 1 unspecified atom stereocenters. The van der Waals surface area contributed by atoms with Gasteiger partial charge in [0, 0.05) is 6.42 Å². The average Bonchev–Trinajstić information content (AvgIpc) is 2.05. The Bertz CT molecular complexity index is 208. The van der Waals surface area contributed by atoms with E-state index < -0.39 is 5.97 Å². The van der Waals surface area contributed by atoms with Crippen LogP contribution in [-0.4, -0.2) is 24.0 Å². The summed E-state index contributed by atoms with van der Waals surface area (Å²) in [5.74, 6) is -1.34. The first-order valence-corrected chi connectivity index (χ1v) is 4.12. The number of aldehydes is 1. The van der Waals surface area contributed by atoms with E-state index in [2.05, 4.69) is 0 Å². The predicted octanol–water partition coefficient (Wildman–Crippen LogP) is 1.22. The van der Waals surface area contributed by atoms with Crippen LogP contribution < -0.4 is 0 Å². The second kappa shape index (κ2) is 6.22. The average molecular weight is 186 g/mol. The molecule has 0 aromatic heterocycles. The van der Waals surface area contributed by atoms with Gasteiger partial charge in [-0.3, -0.25) is 0 Å². The molecule has 4 nitrogen and oxygen atoms in total. The Morgan fingerprint density at radius 2 is 2.23 bits per heavy atom. The van der Waals surface area contributed by atoms with E-state index in [1.54, 1.807) is 13.8 Å². The highest BCUT2D eigenvalue weighted by molar-refractivity contribution is 5.87. The Hall–Kier alpha value is -1.32. The molecule has 0 bridgehead atoms. The van der Waals surface area contributed by atoms with Gasteiger partial charge < -0.3 is 14.6 Å². The van der Waals surface area contributed by atoms with Crippen molar-refractivity contribution >= 4 is 12.3 Å². The van der Waals surface area contributed by atoms with Crippen LogP contribution in [0.2, 0.25) is 0 Å². The minimum Gasteiger partial charge on any atom is -0.501 e. The highest BCUT2D eigenvalue weighted by Gasteiger charge is 2.15. The van der Waals surface area contributed by atoms with Crippen molar-refractivity contribution in [1.29, 1.82) is 0 Å². The van der Waals surface area contributed by atoms with Crippen molar-refractivity contribution in [2.24, 2.45) is 5.92 Å². The van der Waals surface area contributed by atoms with Gasteiger partial charge in [0.2, 0.25) is 0 Å². The summed E-state index contributed by atoms with van der Waals surface area (Å²) in [6.07, 6.45) is 2.11. The standard InChI is InChI=1S/C9H14O4/c1-3-13-6-8(9(11)12)7(2)4-5-10/h5-7H,3-4H2,1-2H3,(H,11,12). The summed E-state index contributed by atoms with van der Waals surface area (Å²) in [7, 11) is 0. The highest BCUT2D eigenvalue weighted by atomic mass is 16.5. The van der Waals surface area contributed by atoms with Crippen LogP contribution in [-0.2, 0) is 14.3 Å². The number of ether oxygens (including phenoxy) is 1. The van der Waals surface area contributed by atoms with Crippen molar-refractivity contribution in [2.45, 2.75) is 20.3 Å². The number of hydrogen-bond acceptors (Lipinski definition) is 3. The topological polar surface area (TPSA) is 63.6 Å². The summed E-state index contributed by atoms with van der Waals surface area (Å²) >= 11 is 0. The summed E-state index contributed by atoms with van der Waals surface area (Å²) < 4.78 is 4.87. The minimum absolute atomic E-state index is 0.133. The fourth-order valence-electron chi connectivity index (χ4n) is 0.822. The lowest BCUT2D eigenvalue weighted by Crippen LogP contribution is -2.11. The van der Waals surface area contributed by atoms with Gasteiger partial charge in [0.25, 0.3) is 0 Å². The number of hydrogen-bond donors (Lipinski definition) is 1. The van der Waals surface area contributed by atoms with E-state index in [0.29, 0.717) is 12.9 Å². The second-order valence-electron chi connectivity index (χ2n) is 2.64. The number of rotatable bonds is 6. The number of carboxylic acids is 1. The van der Waals surface area contributed by atoms with E-state index in [-0.39, 0.29) is 17.9 Å². The molecule has 0 aliphatic carbocycles. The van der Waals surface area contributed by atoms with Crippen molar-refractivity contribution in [1.82, 2.24) is 0 Å². The van der Waals surface area contributed by atoms with Gasteiger partial charge in [0.15, 0.2) is 0 Å². The van der Waals surface area contributed by atoms with Gasteiger partial charge in [0.1, 0.15) is 6.29 Å². The Labute approximate surface area is 77.2 Å². The lowest BCUT2D eigenvalue weighted by Gasteiger charge is -2.08. The molecule has 0 heterocycles. The van der Waals surface area contributed by atoms with E-state index >= 15 is 0 Å². The zero-order chi connectivity index (χ0) is 10.3. The molecule has 0 aliphatic heterocycles. The van der Waals surface area contributed by atoms with Gasteiger partial charge in [0.05, 0.1) is 18.4 Å². The number of carbonyl (C=O) groups excluding carboxylic acids is 1. The maximum Gasteiger partial charge on any atom is 0.334 e. The molecule has 13 heavy (non-hydrogen) atoms. The first kappa shape index (κ1) is 11.7. The summed E-state index contributed by atoms with van der Waals surface area (Å²) in [6.45, 7) is 3.86. The van der Waals surface area contributed by atoms with Gasteiger partial charge in [-0.1, -0.05) is 6.92 Å². The molecule has 74 valence electrons. The van der Waals surface area contributed by atoms with Crippen LogP contribution in [0.3, 0.4) is 0 Å². The van der Waals surface area contributed by atoms with Crippen LogP contribution >= 0.6 is 0 Å². The monoisotopic (exact) mass is 186 g/mol. The fraction of sp³-hybridized carbons (Fsp3) is 0.556. The molecule has 0 fully saturated rings. The summed E-state index contributed by atoms with van der Waals surface area (Å²) in [4.78, 5) is 20.8. The predicted molar refractivity (Wildman–Crippen MR) is 47.2 cm³/mol. The molecule has 0 spiro atoms. The Morgan fingerprint density at radius 3 is 2.62 bits per heavy atom. The first-order chi connectivity index (χ1) is 6.13. The molecule has 0 aromatic rings. The number of carboxylic acid groups (broad SMARTS) is 1. The van der Waals surface area contributed by atoms with Crippen LogP contribution in [0.25, 0.3) is 0 Å². The Balaban J connectivity index is 4.40. The third-order valence-corrected chi connectivity index (χ3v) is 1.60. The van der Waals surface area contributed by atoms with Gasteiger partial charge >= 0.3 is 5.97 Å². The van der Waals surface area contributed by atoms with Crippen molar-refractivity contribution in [3.8, 4) is 0 Å². The lowest BCUT2D eigenvalue weighted by molar-refractivity contribution is -0.133. The third kappa shape index (κ3) is 4.30. The highest BCUT2D eigenvalue weighted by Crippen LogP contribution is 2.13. The van der Waals surface area contributed by atoms with Crippen molar-refractivity contribution < 1.29 is 19.4 Å². The van der Waals surface area contributed by atoms with Crippen LogP contribution in [0.1, 0.15) is 20.3 Å². The fourth-order valence-corrected chi connectivity index (χ4v) is 0.822. The van der Waals surface area contributed by atoms with Crippen molar-refractivity contribution in [3.05, 3.63) is 11.8 Å². The van der Waals surface area contributed by atoms with E-state index in [0.717, 1.165) is 0 Å². The molecule has 4 heteroatoms. The Morgan fingerprint density at radius 1 is 1.62 bits per heavy atom. The summed E-state index contributed by atoms with van der Waals surface area (Å²) in [5, 5.41) is 8.73. The van der Waals surface area contributed by atoms with E-state index in [9.17, 15) is 9.59 Å². The largest absolute Gasteiger partial charge is 0.501 e. The molecule has 0 amide bonds. The number of carbonyl (C=O) groups is 2. The van der Waals surface area contributed by atoms with Crippen LogP contribution in [0.5, 0.6) is 0 Å². The van der Waals surface area contributed by atoms with Gasteiger partial charge in [-0.25, -0.2) is 4.79 Å². The minimum atomic E-state index is -1.04. The third-order valence-electron chi connectivity index (χ3n) is 1.60. The van der Waals surface area contributed by atoms with Crippen molar-refractivity contribution in [3.63, 3.8) is 0 Å². The molecule has 1 atom stereocenters. The van der Waals surface area contributed by atoms with Crippen LogP contribution in [0.4, 0.5) is 0 Å². The Kier molecular flexibility index (Phi) is 5.59. The number of aliphatic carboxylic acids is 1. The molecule has 0 aromatic carbocycles. The molecule has 0 radical (unpaired) electrons. The van der Waals surface area contributed by atoms with Gasteiger partial charge in [-0.05, 0) is 12.8 Å². The normalized spacial score (nSPS) is 13.5. The quantitative estimate of drug-likeness (QED) is 0.385. The smallest absolute Gasteiger partial charge is 0.334 e. The summed E-state index contributed by atoms with van der Waals surface area (Å²) in [6, 6.07) is 0. The molecule has 0 saturated heterocycles. The molecule has 1 N–H and O–H groups in total. The molecule has 0 rings (SSSR count). The van der Waals surface area contributed by atoms with Gasteiger partial charge in [-0.2, -0.15) is 0 Å². The zero-order valence-electron chi connectivity index (χ0n) is 7.82. The first-order valence-electron chi connectivity index (χ1n) is 4.12. The molecular formula is C9H14O4. The zero-order valence-corrected chi connectivity index (χ0v) is 7.82. The van der Waals surface area contributed by atoms with Crippen LogP contribution in [0.15, 0.2) is 11.8 Å². The van der Waals surface area contributed by atoms with E-state index in [1.165, 1.54) is 6.26 Å². The second-order valence-corrected chi connectivity index (χ2v) is 2.64. The van der Waals surface area contributed by atoms with Crippen molar-refractivity contribution in [2.75, 3.05) is 6.61 Å². The van der Waals surface area contributed by atoms with Crippen LogP contribution in [0, 0.1) is 5.92 Å². The van der Waals surface area contributed by atoms with E-state index in [1.807, 2.05) is 0 Å².